The number of methoxy groups -OCH3 is 1. The number of benzene rings is 2. The van der Waals surface area contributed by atoms with E-state index in [1.807, 2.05) is 12.1 Å². The molecule has 0 spiro atoms. The molecule has 1 N–H and O–H groups in total. The normalized spacial score (nSPS) is 12.2. The molecule has 3 rings (SSSR count). The summed E-state index contributed by atoms with van der Waals surface area (Å²) < 4.78 is 10.1. The van der Waals surface area contributed by atoms with Crippen LogP contribution in [0.1, 0.15) is 26.3 Å². The third kappa shape index (κ3) is 2.79. The molecule has 22 heavy (non-hydrogen) atoms. The molecule has 5 heteroatoms. The minimum absolute atomic E-state index is 0.194. The van der Waals surface area contributed by atoms with Crippen LogP contribution in [-0.4, -0.2) is 25.6 Å². The lowest BCUT2D eigenvalue weighted by molar-refractivity contribution is 0.0600. The summed E-state index contributed by atoms with van der Waals surface area (Å²) in [7, 11) is 1.33. The zero-order valence-corrected chi connectivity index (χ0v) is 12.1. The molecule has 0 bridgehead atoms. The first-order valence-electron chi connectivity index (χ1n) is 6.93. The molecule has 0 aliphatic carbocycles. The Balaban J connectivity index is 1.72. The summed E-state index contributed by atoms with van der Waals surface area (Å²) in [5.74, 6) is 0.246. The largest absolute Gasteiger partial charge is 0.493 e. The second kappa shape index (κ2) is 5.89. The van der Waals surface area contributed by atoms with Crippen molar-refractivity contribution in [2.45, 2.75) is 6.42 Å². The van der Waals surface area contributed by atoms with Crippen LogP contribution in [0.4, 0.5) is 5.69 Å². The fourth-order valence-electron chi connectivity index (χ4n) is 2.34. The molecule has 5 nitrogen and oxygen atoms in total. The predicted octanol–water partition coefficient (Wildman–Crippen LogP) is 2.66. The van der Waals surface area contributed by atoms with E-state index in [1.165, 1.54) is 7.11 Å². The molecule has 1 heterocycles. The fraction of sp³-hybridized carbons (Fsp3) is 0.176. The fourth-order valence-corrected chi connectivity index (χ4v) is 2.34. The van der Waals surface area contributed by atoms with Crippen LogP contribution >= 0.6 is 0 Å². The van der Waals surface area contributed by atoms with Crippen molar-refractivity contribution in [2.75, 3.05) is 19.0 Å². The molecule has 0 radical (unpaired) electrons. The molecule has 0 fully saturated rings. The average Bonchev–Trinajstić information content (AvgIpc) is 3.02. The number of hydrogen-bond acceptors (Lipinski definition) is 4. The highest BCUT2D eigenvalue weighted by atomic mass is 16.5. The molecular weight excluding hydrogens is 282 g/mol. The van der Waals surface area contributed by atoms with E-state index in [9.17, 15) is 9.59 Å². The number of ether oxygens (including phenoxy) is 2. The van der Waals surface area contributed by atoms with Gasteiger partial charge in [0.15, 0.2) is 0 Å². The van der Waals surface area contributed by atoms with Crippen molar-refractivity contribution < 1.29 is 19.1 Å². The second-order valence-electron chi connectivity index (χ2n) is 4.94. The van der Waals surface area contributed by atoms with Crippen LogP contribution in [0.2, 0.25) is 0 Å². The van der Waals surface area contributed by atoms with Gasteiger partial charge >= 0.3 is 5.97 Å². The number of carbonyl (C=O) groups excluding carboxylic acids is 2. The molecule has 1 aliphatic rings. The van der Waals surface area contributed by atoms with Crippen molar-refractivity contribution in [1.29, 1.82) is 0 Å². The van der Waals surface area contributed by atoms with Crippen LogP contribution < -0.4 is 10.1 Å². The quantitative estimate of drug-likeness (QED) is 0.885. The molecule has 1 aliphatic heterocycles. The van der Waals surface area contributed by atoms with E-state index in [0.29, 0.717) is 23.4 Å². The van der Waals surface area contributed by atoms with Crippen molar-refractivity contribution in [2.24, 2.45) is 0 Å². The Hall–Kier alpha value is -2.82. The number of fused-ring (bicyclic) bond motifs is 1. The number of rotatable bonds is 3. The SMILES string of the molecule is COC(=O)c1ccc(NC(=O)c2ccc3c(c2)CCO3)cc1. The van der Waals surface area contributed by atoms with Gasteiger partial charge in [-0.3, -0.25) is 4.79 Å². The summed E-state index contributed by atoms with van der Waals surface area (Å²) in [4.78, 5) is 23.6. The van der Waals surface area contributed by atoms with Crippen molar-refractivity contribution in [3.63, 3.8) is 0 Å². The van der Waals surface area contributed by atoms with Crippen LogP contribution in [0.5, 0.6) is 5.75 Å². The summed E-state index contributed by atoms with van der Waals surface area (Å²) in [6, 6.07) is 12.0. The first-order valence-corrected chi connectivity index (χ1v) is 6.93. The lowest BCUT2D eigenvalue weighted by atomic mass is 10.1. The highest BCUT2D eigenvalue weighted by Gasteiger charge is 2.15. The maximum atomic E-state index is 12.2. The summed E-state index contributed by atoms with van der Waals surface area (Å²) >= 11 is 0. The number of carbonyl (C=O) groups is 2. The van der Waals surface area contributed by atoms with Crippen LogP contribution in [0.15, 0.2) is 42.5 Å². The van der Waals surface area contributed by atoms with E-state index in [-0.39, 0.29) is 5.91 Å². The lowest BCUT2D eigenvalue weighted by Gasteiger charge is -2.07. The van der Waals surface area contributed by atoms with Gasteiger partial charge in [0, 0.05) is 17.7 Å². The topological polar surface area (TPSA) is 64.6 Å². The van der Waals surface area contributed by atoms with Gasteiger partial charge in [-0.15, -0.1) is 0 Å². The van der Waals surface area contributed by atoms with E-state index in [4.69, 9.17) is 4.74 Å². The Labute approximate surface area is 127 Å². The van der Waals surface area contributed by atoms with Crippen molar-refractivity contribution in [3.8, 4) is 5.75 Å². The number of hydrogen-bond donors (Lipinski definition) is 1. The highest BCUT2D eigenvalue weighted by Crippen LogP contribution is 2.26. The van der Waals surface area contributed by atoms with Gasteiger partial charge in [0.1, 0.15) is 5.75 Å². The zero-order chi connectivity index (χ0) is 15.5. The molecule has 0 aromatic heterocycles. The Bertz CT molecular complexity index is 722. The summed E-state index contributed by atoms with van der Waals surface area (Å²) in [5.41, 5.74) is 2.69. The molecule has 2 aromatic carbocycles. The van der Waals surface area contributed by atoms with Crippen LogP contribution in [0.25, 0.3) is 0 Å². The molecule has 112 valence electrons. The second-order valence-corrected chi connectivity index (χ2v) is 4.94. The Morgan fingerprint density at radius 1 is 1.09 bits per heavy atom. The van der Waals surface area contributed by atoms with Gasteiger partial charge < -0.3 is 14.8 Å². The van der Waals surface area contributed by atoms with Gasteiger partial charge in [0.25, 0.3) is 5.91 Å². The van der Waals surface area contributed by atoms with Gasteiger partial charge in [-0.2, -0.15) is 0 Å². The monoisotopic (exact) mass is 297 g/mol. The van der Waals surface area contributed by atoms with Gasteiger partial charge in [0.2, 0.25) is 0 Å². The van der Waals surface area contributed by atoms with Crippen LogP contribution in [0.3, 0.4) is 0 Å². The first kappa shape index (κ1) is 14.1. The molecule has 2 aromatic rings. The molecule has 0 saturated heterocycles. The van der Waals surface area contributed by atoms with E-state index in [0.717, 1.165) is 17.7 Å². The van der Waals surface area contributed by atoms with Gasteiger partial charge in [-0.1, -0.05) is 0 Å². The third-order valence-electron chi connectivity index (χ3n) is 3.52. The summed E-state index contributed by atoms with van der Waals surface area (Å²) in [5, 5.41) is 2.80. The molecule has 1 amide bonds. The molecule has 0 unspecified atom stereocenters. The highest BCUT2D eigenvalue weighted by molar-refractivity contribution is 6.04. The van der Waals surface area contributed by atoms with E-state index < -0.39 is 5.97 Å². The maximum absolute atomic E-state index is 12.2. The number of anilines is 1. The summed E-state index contributed by atoms with van der Waals surface area (Å²) in [6.45, 7) is 0.662. The van der Waals surface area contributed by atoms with Crippen molar-refractivity contribution >= 4 is 17.6 Å². The number of esters is 1. The number of amides is 1. The molecule has 0 saturated carbocycles. The van der Waals surface area contributed by atoms with Gasteiger partial charge in [0.05, 0.1) is 19.3 Å². The van der Waals surface area contributed by atoms with E-state index in [2.05, 4.69) is 10.1 Å². The van der Waals surface area contributed by atoms with Gasteiger partial charge in [-0.05, 0) is 48.0 Å². The van der Waals surface area contributed by atoms with E-state index >= 15 is 0 Å². The minimum atomic E-state index is -0.406. The first-order chi connectivity index (χ1) is 10.7. The standard InChI is InChI=1S/C17H15NO4/c1-21-17(20)11-2-5-14(6-3-11)18-16(19)13-4-7-15-12(10-13)8-9-22-15/h2-7,10H,8-9H2,1H3,(H,18,19). The Morgan fingerprint density at radius 2 is 1.82 bits per heavy atom. The minimum Gasteiger partial charge on any atom is -0.493 e. The summed E-state index contributed by atoms with van der Waals surface area (Å²) in [6.07, 6.45) is 0.824. The van der Waals surface area contributed by atoms with Crippen molar-refractivity contribution in [1.82, 2.24) is 0 Å². The average molecular weight is 297 g/mol. The van der Waals surface area contributed by atoms with Crippen LogP contribution in [-0.2, 0) is 11.2 Å². The lowest BCUT2D eigenvalue weighted by Crippen LogP contribution is -2.12. The van der Waals surface area contributed by atoms with Gasteiger partial charge in [-0.25, -0.2) is 4.79 Å². The third-order valence-corrected chi connectivity index (χ3v) is 3.52. The maximum Gasteiger partial charge on any atom is 0.337 e. The molecule has 0 atom stereocenters. The smallest absolute Gasteiger partial charge is 0.337 e. The van der Waals surface area contributed by atoms with Crippen molar-refractivity contribution in [3.05, 3.63) is 59.2 Å². The number of nitrogens with one attached hydrogen (secondary N) is 1. The van der Waals surface area contributed by atoms with E-state index in [1.54, 1.807) is 30.3 Å². The zero-order valence-electron chi connectivity index (χ0n) is 12.1. The predicted molar refractivity (Wildman–Crippen MR) is 81.4 cm³/mol. The van der Waals surface area contributed by atoms with Crippen LogP contribution in [0, 0.1) is 0 Å². The molecular formula is C17H15NO4. The Kier molecular flexibility index (Phi) is 3.78. The Morgan fingerprint density at radius 3 is 2.55 bits per heavy atom.